The van der Waals surface area contributed by atoms with Gasteiger partial charge in [-0.05, 0) is 31.0 Å². The van der Waals surface area contributed by atoms with Gasteiger partial charge < -0.3 is 11.1 Å². The summed E-state index contributed by atoms with van der Waals surface area (Å²) in [4.78, 5) is 12.2. The van der Waals surface area contributed by atoms with E-state index >= 15 is 0 Å². The first kappa shape index (κ1) is 17.4. The molecule has 1 amide bonds. The molecule has 0 saturated heterocycles. The molecule has 0 bridgehead atoms. The van der Waals surface area contributed by atoms with E-state index < -0.39 is 28.9 Å². The molecule has 3 nitrogen and oxygen atoms in total. The lowest BCUT2D eigenvalue weighted by molar-refractivity contribution is -0.140. The van der Waals surface area contributed by atoms with E-state index in [-0.39, 0.29) is 12.2 Å². The molecule has 0 saturated carbocycles. The number of anilines is 1. The van der Waals surface area contributed by atoms with Gasteiger partial charge in [-0.1, -0.05) is 13.8 Å². The molecule has 3 N–H and O–H groups in total. The van der Waals surface area contributed by atoms with Gasteiger partial charge in [-0.3, -0.25) is 4.79 Å². The fraction of sp³-hybridized carbons (Fsp3) is 0.500. The van der Waals surface area contributed by atoms with Crippen LogP contribution in [0.4, 0.5) is 23.2 Å². The van der Waals surface area contributed by atoms with Crippen molar-refractivity contribution in [2.75, 3.05) is 11.9 Å². The SMILES string of the molecule is CCC(CC)(CN)C(=O)Nc1ccc(F)c(C(F)(F)F)c1. The zero-order valence-electron chi connectivity index (χ0n) is 11.9. The van der Waals surface area contributed by atoms with E-state index in [2.05, 4.69) is 5.32 Å². The van der Waals surface area contributed by atoms with Gasteiger partial charge in [0.25, 0.3) is 0 Å². The average molecular weight is 306 g/mol. The summed E-state index contributed by atoms with van der Waals surface area (Å²) in [6.07, 6.45) is -3.90. The molecule has 7 heteroatoms. The second-order valence-electron chi connectivity index (χ2n) is 4.84. The Labute approximate surface area is 120 Å². The lowest BCUT2D eigenvalue weighted by atomic mass is 9.81. The Hall–Kier alpha value is -1.63. The molecule has 0 aliphatic heterocycles. The Balaban J connectivity index is 3.07. The summed E-state index contributed by atoms with van der Waals surface area (Å²) in [7, 11) is 0. The van der Waals surface area contributed by atoms with E-state index in [4.69, 9.17) is 5.73 Å². The van der Waals surface area contributed by atoms with Gasteiger partial charge >= 0.3 is 6.18 Å². The minimum Gasteiger partial charge on any atom is -0.329 e. The molecular weight excluding hydrogens is 288 g/mol. The number of rotatable bonds is 5. The molecule has 1 aromatic rings. The lowest BCUT2D eigenvalue weighted by Gasteiger charge is -2.28. The maximum atomic E-state index is 13.2. The topological polar surface area (TPSA) is 55.1 Å². The van der Waals surface area contributed by atoms with E-state index in [1.165, 1.54) is 0 Å². The summed E-state index contributed by atoms with van der Waals surface area (Å²) in [6, 6.07) is 2.36. The van der Waals surface area contributed by atoms with Crippen molar-refractivity contribution in [3.63, 3.8) is 0 Å². The predicted molar refractivity (Wildman–Crippen MR) is 72.1 cm³/mol. The third-order valence-corrected chi connectivity index (χ3v) is 3.76. The van der Waals surface area contributed by atoms with Gasteiger partial charge in [0.1, 0.15) is 5.82 Å². The van der Waals surface area contributed by atoms with E-state index in [0.717, 1.165) is 6.07 Å². The number of halogens is 4. The number of alkyl halides is 3. The number of carbonyl (C=O) groups excluding carboxylic acids is 1. The second kappa shape index (κ2) is 6.43. The van der Waals surface area contributed by atoms with Crippen LogP contribution >= 0.6 is 0 Å². The molecule has 0 atom stereocenters. The Morgan fingerprint density at radius 2 is 1.81 bits per heavy atom. The van der Waals surface area contributed by atoms with Crippen LogP contribution in [0.3, 0.4) is 0 Å². The number of nitrogens with one attached hydrogen (secondary N) is 1. The molecule has 0 aliphatic carbocycles. The van der Waals surface area contributed by atoms with Crippen molar-refractivity contribution in [3.8, 4) is 0 Å². The van der Waals surface area contributed by atoms with Crippen molar-refractivity contribution >= 4 is 11.6 Å². The highest BCUT2D eigenvalue weighted by atomic mass is 19.4. The van der Waals surface area contributed by atoms with Crippen molar-refractivity contribution in [3.05, 3.63) is 29.6 Å². The molecule has 1 rings (SSSR count). The summed E-state index contributed by atoms with van der Waals surface area (Å²) < 4.78 is 51.1. The van der Waals surface area contributed by atoms with Crippen LogP contribution in [-0.4, -0.2) is 12.5 Å². The zero-order chi connectivity index (χ0) is 16.3. The van der Waals surface area contributed by atoms with E-state index in [1.807, 2.05) is 0 Å². The molecule has 0 spiro atoms. The Bertz CT molecular complexity index is 502. The standard InChI is InChI=1S/C14H18F4N2O/c1-3-13(4-2,8-19)12(21)20-9-5-6-11(15)10(7-9)14(16,17)18/h5-7H,3-4,8,19H2,1-2H3,(H,20,21). The summed E-state index contributed by atoms with van der Waals surface area (Å²) in [5.74, 6) is -1.84. The van der Waals surface area contributed by atoms with Crippen LogP contribution in [-0.2, 0) is 11.0 Å². The molecule has 0 aromatic heterocycles. The minimum atomic E-state index is -4.81. The summed E-state index contributed by atoms with van der Waals surface area (Å²) >= 11 is 0. The quantitative estimate of drug-likeness (QED) is 0.817. The van der Waals surface area contributed by atoms with Crippen molar-refractivity contribution in [2.45, 2.75) is 32.9 Å². The molecule has 21 heavy (non-hydrogen) atoms. The normalized spacial score (nSPS) is 12.3. The molecule has 0 heterocycles. The molecular formula is C14H18F4N2O. The average Bonchev–Trinajstić information content (AvgIpc) is 2.42. The van der Waals surface area contributed by atoms with Crippen LogP contribution in [0.25, 0.3) is 0 Å². The first-order valence-electron chi connectivity index (χ1n) is 6.58. The third-order valence-electron chi connectivity index (χ3n) is 3.76. The number of benzene rings is 1. The van der Waals surface area contributed by atoms with Gasteiger partial charge in [0.05, 0.1) is 11.0 Å². The molecule has 0 aliphatic rings. The summed E-state index contributed by atoms with van der Waals surface area (Å²) in [5, 5.41) is 2.39. The minimum absolute atomic E-state index is 0.0825. The van der Waals surface area contributed by atoms with Crippen molar-refractivity contribution < 1.29 is 22.4 Å². The molecule has 0 fully saturated rings. The molecule has 1 aromatic carbocycles. The van der Waals surface area contributed by atoms with Gasteiger partial charge in [-0.2, -0.15) is 13.2 Å². The maximum absolute atomic E-state index is 13.2. The maximum Gasteiger partial charge on any atom is 0.419 e. The number of nitrogens with two attached hydrogens (primary N) is 1. The fourth-order valence-corrected chi connectivity index (χ4v) is 2.04. The summed E-state index contributed by atoms with van der Waals surface area (Å²) in [6.45, 7) is 3.64. The second-order valence-corrected chi connectivity index (χ2v) is 4.84. The van der Waals surface area contributed by atoms with Crippen molar-refractivity contribution in [1.29, 1.82) is 0 Å². The first-order valence-corrected chi connectivity index (χ1v) is 6.58. The molecule has 118 valence electrons. The van der Waals surface area contributed by atoms with Gasteiger partial charge in [-0.15, -0.1) is 0 Å². The molecule has 0 radical (unpaired) electrons. The third kappa shape index (κ3) is 3.72. The van der Waals surface area contributed by atoms with Gasteiger partial charge in [0, 0.05) is 12.2 Å². The van der Waals surface area contributed by atoms with Crippen molar-refractivity contribution in [1.82, 2.24) is 0 Å². The summed E-state index contributed by atoms with van der Waals surface area (Å²) in [5.41, 5.74) is 3.25. The highest BCUT2D eigenvalue weighted by Gasteiger charge is 2.36. The molecule has 0 unspecified atom stereocenters. The fourth-order valence-electron chi connectivity index (χ4n) is 2.04. The number of hydrogen-bond donors (Lipinski definition) is 2. The first-order chi connectivity index (χ1) is 9.70. The number of hydrogen-bond acceptors (Lipinski definition) is 2. The Kier molecular flexibility index (Phi) is 5.33. The van der Waals surface area contributed by atoms with Crippen molar-refractivity contribution in [2.24, 2.45) is 11.1 Å². The number of carbonyl (C=O) groups is 1. The van der Waals surface area contributed by atoms with Gasteiger partial charge in [0.2, 0.25) is 5.91 Å². The van der Waals surface area contributed by atoms with Crippen LogP contribution in [0.5, 0.6) is 0 Å². The van der Waals surface area contributed by atoms with Crippen LogP contribution in [0.15, 0.2) is 18.2 Å². The lowest BCUT2D eigenvalue weighted by Crippen LogP contribution is -2.41. The smallest absolute Gasteiger partial charge is 0.329 e. The predicted octanol–water partition coefficient (Wildman–Crippen LogP) is 3.55. The Morgan fingerprint density at radius 3 is 2.24 bits per heavy atom. The van der Waals surface area contributed by atoms with E-state index in [1.54, 1.807) is 13.8 Å². The van der Waals surface area contributed by atoms with Crippen LogP contribution in [0, 0.1) is 11.2 Å². The highest BCUT2D eigenvalue weighted by Crippen LogP contribution is 2.34. The van der Waals surface area contributed by atoms with Gasteiger partial charge in [-0.25, -0.2) is 4.39 Å². The highest BCUT2D eigenvalue weighted by molar-refractivity contribution is 5.95. The van der Waals surface area contributed by atoms with Crippen LogP contribution < -0.4 is 11.1 Å². The van der Waals surface area contributed by atoms with Crippen LogP contribution in [0.1, 0.15) is 32.3 Å². The van der Waals surface area contributed by atoms with E-state index in [0.29, 0.717) is 25.0 Å². The van der Waals surface area contributed by atoms with Gasteiger partial charge in [0.15, 0.2) is 0 Å². The largest absolute Gasteiger partial charge is 0.419 e. The Morgan fingerprint density at radius 1 is 1.24 bits per heavy atom. The van der Waals surface area contributed by atoms with E-state index in [9.17, 15) is 22.4 Å². The monoisotopic (exact) mass is 306 g/mol. The van der Waals surface area contributed by atoms with Crippen LogP contribution in [0.2, 0.25) is 0 Å². The number of amides is 1. The zero-order valence-corrected chi connectivity index (χ0v) is 11.9.